The standard InChI is InChI=1S/C23H30N2O3/c1-18-8-9-20(28-18)17-24-12-10-23(11-13-24)16-21(19-6-4-3-5-7-19)22(26)25(23)14-15-27-2/h3-9,21H,10-17H2,1-2H3/t21-/m0/s1. The zero-order chi connectivity index (χ0) is 19.6. The van der Waals surface area contributed by atoms with Crippen molar-refractivity contribution >= 4 is 5.91 Å². The molecule has 0 radical (unpaired) electrons. The summed E-state index contributed by atoms with van der Waals surface area (Å²) in [4.78, 5) is 17.9. The lowest BCUT2D eigenvalue weighted by Gasteiger charge is -2.44. The minimum atomic E-state index is -0.0499. The van der Waals surface area contributed by atoms with E-state index >= 15 is 0 Å². The summed E-state index contributed by atoms with van der Waals surface area (Å²) >= 11 is 0. The van der Waals surface area contributed by atoms with E-state index in [1.165, 1.54) is 0 Å². The molecule has 0 N–H and O–H groups in total. The number of benzene rings is 1. The van der Waals surface area contributed by atoms with Crippen molar-refractivity contribution in [3.8, 4) is 0 Å². The van der Waals surface area contributed by atoms with E-state index in [-0.39, 0.29) is 17.4 Å². The van der Waals surface area contributed by atoms with Gasteiger partial charge in [0.2, 0.25) is 5.91 Å². The first-order valence-corrected chi connectivity index (χ1v) is 10.2. The van der Waals surface area contributed by atoms with Crippen molar-refractivity contribution in [3.05, 3.63) is 59.5 Å². The Balaban J connectivity index is 1.49. The fourth-order valence-corrected chi connectivity index (χ4v) is 4.87. The number of carbonyl (C=O) groups excluding carboxylic acids is 1. The van der Waals surface area contributed by atoms with E-state index < -0.39 is 0 Å². The number of nitrogens with zero attached hydrogens (tertiary/aromatic N) is 2. The largest absolute Gasteiger partial charge is 0.465 e. The number of carbonyl (C=O) groups is 1. The van der Waals surface area contributed by atoms with Crippen LogP contribution in [-0.2, 0) is 16.1 Å². The Morgan fingerprint density at radius 2 is 1.89 bits per heavy atom. The number of piperidine rings is 1. The minimum absolute atomic E-state index is 0.0303. The fraction of sp³-hybridized carbons (Fsp3) is 0.522. The average molecular weight is 383 g/mol. The van der Waals surface area contributed by atoms with Gasteiger partial charge < -0.3 is 14.1 Å². The lowest BCUT2D eigenvalue weighted by molar-refractivity contribution is -0.134. The van der Waals surface area contributed by atoms with Gasteiger partial charge in [0.1, 0.15) is 11.5 Å². The van der Waals surface area contributed by atoms with Gasteiger partial charge in [0.15, 0.2) is 0 Å². The highest BCUT2D eigenvalue weighted by Gasteiger charge is 2.51. The maximum atomic E-state index is 13.3. The molecule has 1 spiro atoms. The fourth-order valence-electron chi connectivity index (χ4n) is 4.87. The number of hydrogen-bond acceptors (Lipinski definition) is 4. The number of methoxy groups -OCH3 is 1. The van der Waals surface area contributed by atoms with Gasteiger partial charge >= 0.3 is 0 Å². The molecule has 1 aromatic heterocycles. The summed E-state index contributed by atoms with van der Waals surface area (Å²) < 4.78 is 11.1. The molecule has 0 unspecified atom stereocenters. The number of aryl methyl sites for hydroxylation is 1. The lowest BCUT2D eigenvalue weighted by atomic mass is 9.81. The van der Waals surface area contributed by atoms with E-state index in [0.29, 0.717) is 13.2 Å². The molecule has 2 aromatic rings. The van der Waals surface area contributed by atoms with Crippen molar-refractivity contribution in [1.82, 2.24) is 9.80 Å². The van der Waals surface area contributed by atoms with Gasteiger partial charge in [-0.05, 0) is 43.9 Å². The van der Waals surface area contributed by atoms with Gasteiger partial charge in [-0.2, -0.15) is 0 Å². The predicted molar refractivity (Wildman–Crippen MR) is 108 cm³/mol. The molecule has 0 bridgehead atoms. The first-order valence-electron chi connectivity index (χ1n) is 10.2. The SMILES string of the molecule is COCCN1C(=O)[C@H](c2ccccc2)CC12CCN(Cc1ccc(C)o1)CC2. The van der Waals surface area contributed by atoms with Crippen LogP contribution in [-0.4, -0.2) is 54.6 Å². The highest BCUT2D eigenvalue weighted by molar-refractivity contribution is 5.87. The van der Waals surface area contributed by atoms with E-state index in [4.69, 9.17) is 9.15 Å². The van der Waals surface area contributed by atoms with Crippen LogP contribution >= 0.6 is 0 Å². The van der Waals surface area contributed by atoms with Crippen molar-refractivity contribution in [2.45, 2.75) is 44.2 Å². The van der Waals surface area contributed by atoms with Crippen LogP contribution in [0, 0.1) is 6.92 Å². The van der Waals surface area contributed by atoms with Crippen LogP contribution in [0.25, 0.3) is 0 Å². The molecule has 150 valence electrons. The Kier molecular flexibility index (Phi) is 5.56. The maximum absolute atomic E-state index is 13.3. The quantitative estimate of drug-likeness (QED) is 0.766. The second kappa shape index (κ2) is 8.10. The van der Waals surface area contributed by atoms with Crippen molar-refractivity contribution in [2.75, 3.05) is 33.4 Å². The van der Waals surface area contributed by atoms with Gasteiger partial charge in [0, 0.05) is 32.3 Å². The molecule has 0 aliphatic carbocycles. The van der Waals surface area contributed by atoms with Crippen molar-refractivity contribution in [3.63, 3.8) is 0 Å². The van der Waals surface area contributed by atoms with Crippen LogP contribution in [0.4, 0.5) is 0 Å². The third-order valence-corrected chi connectivity index (χ3v) is 6.40. The molecule has 1 amide bonds. The lowest BCUT2D eigenvalue weighted by Crippen LogP contribution is -2.53. The number of amides is 1. The Morgan fingerprint density at radius 1 is 1.14 bits per heavy atom. The van der Waals surface area contributed by atoms with Crippen molar-refractivity contribution in [1.29, 1.82) is 0 Å². The Morgan fingerprint density at radius 3 is 2.54 bits per heavy atom. The molecule has 5 heteroatoms. The van der Waals surface area contributed by atoms with Gasteiger partial charge in [-0.15, -0.1) is 0 Å². The zero-order valence-corrected chi connectivity index (χ0v) is 16.9. The molecule has 1 aromatic carbocycles. The van der Waals surface area contributed by atoms with E-state index in [1.54, 1.807) is 7.11 Å². The molecule has 3 heterocycles. The van der Waals surface area contributed by atoms with E-state index in [9.17, 15) is 4.79 Å². The highest BCUT2D eigenvalue weighted by atomic mass is 16.5. The first-order chi connectivity index (χ1) is 13.6. The smallest absolute Gasteiger partial charge is 0.230 e. The molecule has 2 fully saturated rings. The molecular weight excluding hydrogens is 352 g/mol. The minimum Gasteiger partial charge on any atom is -0.465 e. The third-order valence-electron chi connectivity index (χ3n) is 6.40. The molecule has 2 aliphatic heterocycles. The highest BCUT2D eigenvalue weighted by Crippen LogP contribution is 2.45. The molecule has 28 heavy (non-hydrogen) atoms. The van der Waals surface area contributed by atoms with Crippen molar-refractivity contribution < 1.29 is 13.9 Å². The first kappa shape index (κ1) is 19.2. The monoisotopic (exact) mass is 382 g/mol. The normalized spacial score (nSPS) is 22.3. The summed E-state index contributed by atoms with van der Waals surface area (Å²) in [5.41, 5.74) is 1.09. The Labute approximate surface area is 167 Å². The number of likely N-dealkylation sites (tertiary alicyclic amines) is 2. The van der Waals surface area contributed by atoms with Gasteiger partial charge in [-0.25, -0.2) is 0 Å². The molecule has 4 rings (SSSR count). The number of rotatable bonds is 6. The van der Waals surface area contributed by atoms with Crippen LogP contribution in [0.3, 0.4) is 0 Å². The number of furan rings is 1. The molecular formula is C23H30N2O3. The summed E-state index contributed by atoms with van der Waals surface area (Å²) in [5, 5.41) is 0. The van der Waals surface area contributed by atoms with Crippen LogP contribution in [0.15, 0.2) is 46.9 Å². The van der Waals surface area contributed by atoms with Gasteiger partial charge in [-0.1, -0.05) is 30.3 Å². The van der Waals surface area contributed by atoms with E-state index in [0.717, 1.165) is 56.0 Å². The molecule has 2 saturated heterocycles. The van der Waals surface area contributed by atoms with E-state index in [1.807, 2.05) is 31.2 Å². The summed E-state index contributed by atoms with van der Waals surface area (Å²) in [7, 11) is 1.70. The van der Waals surface area contributed by atoms with Crippen LogP contribution < -0.4 is 0 Å². The summed E-state index contributed by atoms with van der Waals surface area (Å²) in [6, 6.07) is 14.3. The van der Waals surface area contributed by atoms with Gasteiger partial charge in [-0.3, -0.25) is 9.69 Å². The summed E-state index contributed by atoms with van der Waals surface area (Å²) in [5.74, 6) is 2.21. The Hall–Kier alpha value is -2.11. The third kappa shape index (κ3) is 3.74. The summed E-state index contributed by atoms with van der Waals surface area (Å²) in [6.45, 7) is 6.06. The Bertz CT molecular complexity index is 793. The molecule has 0 saturated carbocycles. The van der Waals surface area contributed by atoms with Gasteiger partial charge in [0.25, 0.3) is 0 Å². The maximum Gasteiger partial charge on any atom is 0.230 e. The zero-order valence-electron chi connectivity index (χ0n) is 16.9. The topological polar surface area (TPSA) is 45.9 Å². The molecule has 5 nitrogen and oxygen atoms in total. The summed E-state index contributed by atoms with van der Waals surface area (Å²) in [6.07, 6.45) is 2.92. The van der Waals surface area contributed by atoms with Gasteiger partial charge in [0.05, 0.1) is 19.1 Å². The van der Waals surface area contributed by atoms with Crippen molar-refractivity contribution in [2.24, 2.45) is 0 Å². The average Bonchev–Trinajstić information content (AvgIpc) is 3.24. The van der Waals surface area contributed by atoms with Crippen LogP contribution in [0.1, 0.15) is 42.3 Å². The second-order valence-corrected chi connectivity index (χ2v) is 8.16. The number of hydrogen-bond donors (Lipinski definition) is 0. The predicted octanol–water partition coefficient (Wildman–Crippen LogP) is 3.59. The van der Waals surface area contributed by atoms with Crippen LogP contribution in [0.2, 0.25) is 0 Å². The van der Waals surface area contributed by atoms with Crippen LogP contribution in [0.5, 0.6) is 0 Å². The van der Waals surface area contributed by atoms with E-state index in [2.05, 4.69) is 28.0 Å². The molecule has 2 aliphatic rings. The number of ether oxygens (including phenoxy) is 1. The second-order valence-electron chi connectivity index (χ2n) is 8.16. The molecule has 1 atom stereocenters.